The van der Waals surface area contributed by atoms with Crippen LogP contribution in [0.5, 0.6) is 5.75 Å². The van der Waals surface area contributed by atoms with Crippen LogP contribution in [0.1, 0.15) is 12.4 Å². The van der Waals surface area contributed by atoms with Gasteiger partial charge in [0.15, 0.2) is 0 Å². The summed E-state index contributed by atoms with van der Waals surface area (Å²) in [5.41, 5.74) is 0.661. The van der Waals surface area contributed by atoms with Crippen molar-refractivity contribution in [3.63, 3.8) is 0 Å². The molecule has 1 unspecified atom stereocenters. The molecule has 86 valence electrons. The van der Waals surface area contributed by atoms with Gasteiger partial charge in [-0.05, 0) is 17.7 Å². The minimum absolute atomic E-state index is 0.0811. The predicted molar refractivity (Wildman–Crippen MR) is 57.4 cm³/mol. The number of hydrogen-bond acceptors (Lipinski definition) is 4. The summed E-state index contributed by atoms with van der Waals surface area (Å²) >= 11 is 0. The molecule has 1 fully saturated rings. The third kappa shape index (κ3) is 3.24. The van der Waals surface area contributed by atoms with Crippen molar-refractivity contribution in [3.05, 3.63) is 29.8 Å². The number of hydrogen-bond donors (Lipinski definition) is 0. The topological polar surface area (TPSA) is 48.1 Å². The maximum absolute atomic E-state index is 11.1. The van der Waals surface area contributed by atoms with Crippen LogP contribution in [0.4, 0.5) is 0 Å². The average Bonchev–Trinajstić information content (AvgIpc) is 2.92. The summed E-state index contributed by atoms with van der Waals surface area (Å²) in [6.07, 6.45) is -2.32. The Morgan fingerprint density at radius 1 is 1.69 bits per heavy atom. The minimum Gasteiger partial charge on any atom is -0.491 e. The van der Waals surface area contributed by atoms with Crippen LogP contribution in [-0.2, 0) is 20.7 Å². The van der Waals surface area contributed by atoms with E-state index in [1.807, 2.05) is 0 Å². The van der Waals surface area contributed by atoms with Gasteiger partial charge in [-0.1, -0.05) is 12.1 Å². The first-order valence-corrected chi connectivity index (χ1v) is 4.66. The normalized spacial score (nSPS) is 31.2. The zero-order valence-electron chi connectivity index (χ0n) is 13.6. The molecule has 1 aliphatic rings. The summed E-state index contributed by atoms with van der Waals surface area (Å²) in [7, 11) is 1.28. The number of ether oxygens (including phenoxy) is 3. The number of benzene rings is 1. The van der Waals surface area contributed by atoms with Crippen molar-refractivity contribution >= 4 is 5.97 Å². The maximum Gasteiger partial charge on any atom is 0.309 e. The maximum atomic E-state index is 11.1. The quantitative estimate of drug-likeness (QED) is 0.560. The number of epoxide rings is 1. The highest BCUT2D eigenvalue weighted by Gasteiger charge is 2.22. The molecule has 4 nitrogen and oxygen atoms in total. The third-order valence-electron chi connectivity index (χ3n) is 1.97. The minimum atomic E-state index is -2.65. The lowest BCUT2D eigenvalue weighted by molar-refractivity contribution is -0.139. The smallest absolute Gasteiger partial charge is 0.309 e. The Morgan fingerprint density at radius 3 is 2.94 bits per heavy atom. The van der Waals surface area contributed by atoms with E-state index in [0.717, 1.165) is 0 Å². The molecule has 0 radical (unpaired) electrons. The Hall–Kier alpha value is -1.55. The molecule has 0 N–H and O–H groups in total. The molecule has 1 saturated heterocycles. The number of methoxy groups -OCH3 is 1. The lowest BCUT2D eigenvalue weighted by Crippen LogP contribution is -2.05. The SMILES string of the molecule is [2H]C([2H])(Oc1ccc(CC(=O)OC)cc1)C1([2H])OC1([2H])[2H]. The van der Waals surface area contributed by atoms with E-state index in [0.29, 0.717) is 5.56 Å². The number of carbonyl (C=O) groups excluding carboxylic acids is 1. The second-order valence-corrected chi connectivity index (χ2v) is 3.13. The van der Waals surface area contributed by atoms with Gasteiger partial charge in [0.25, 0.3) is 0 Å². The van der Waals surface area contributed by atoms with E-state index in [4.69, 9.17) is 11.6 Å². The summed E-state index contributed by atoms with van der Waals surface area (Å²) < 4.78 is 51.4. The van der Waals surface area contributed by atoms with Crippen LogP contribution in [0.15, 0.2) is 24.3 Å². The van der Waals surface area contributed by atoms with Gasteiger partial charge in [-0.3, -0.25) is 4.79 Å². The first-order valence-electron chi connectivity index (χ1n) is 7.16. The Kier molecular flexibility index (Phi) is 1.95. The fraction of sp³-hybridized carbons (Fsp3) is 0.417. The molecule has 1 heterocycles. The van der Waals surface area contributed by atoms with E-state index in [9.17, 15) is 4.79 Å². The molecule has 0 aromatic heterocycles. The van der Waals surface area contributed by atoms with Gasteiger partial charge < -0.3 is 14.2 Å². The molecule has 16 heavy (non-hydrogen) atoms. The monoisotopic (exact) mass is 227 g/mol. The molecule has 1 aliphatic heterocycles. The number of rotatable bonds is 5. The van der Waals surface area contributed by atoms with Crippen molar-refractivity contribution in [1.82, 2.24) is 0 Å². The summed E-state index contributed by atoms with van der Waals surface area (Å²) in [6.45, 7) is -5.04. The Morgan fingerprint density at radius 2 is 2.38 bits per heavy atom. The van der Waals surface area contributed by atoms with Crippen LogP contribution in [0.3, 0.4) is 0 Å². The second-order valence-electron chi connectivity index (χ2n) is 3.13. The zero-order chi connectivity index (χ0) is 15.9. The van der Waals surface area contributed by atoms with E-state index >= 15 is 0 Å². The van der Waals surface area contributed by atoms with Gasteiger partial charge >= 0.3 is 5.97 Å². The summed E-state index contributed by atoms with van der Waals surface area (Å²) in [6, 6.07) is 5.97. The van der Waals surface area contributed by atoms with E-state index in [-0.39, 0.29) is 12.2 Å². The molecule has 1 atom stereocenters. The van der Waals surface area contributed by atoms with Crippen molar-refractivity contribution < 1.29 is 25.9 Å². The first kappa shape index (κ1) is 6.25. The highest BCUT2D eigenvalue weighted by Crippen LogP contribution is 2.16. The molecular formula is C12H14O4. The van der Waals surface area contributed by atoms with Gasteiger partial charge in [-0.2, -0.15) is 0 Å². The van der Waals surface area contributed by atoms with Gasteiger partial charge in [-0.25, -0.2) is 0 Å². The van der Waals surface area contributed by atoms with E-state index in [2.05, 4.69) is 9.47 Å². The molecule has 0 saturated carbocycles. The van der Waals surface area contributed by atoms with Crippen LogP contribution in [0, 0.1) is 0 Å². The van der Waals surface area contributed by atoms with E-state index in [1.54, 1.807) is 12.1 Å². The number of carbonyl (C=O) groups is 1. The molecule has 1 aromatic rings. The van der Waals surface area contributed by atoms with Gasteiger partial charge in [0.1, 0.15) is 18.4 Å². The molecular weight excluding hydrogens is 208 g/mol. The third-order valence-corrected chi connectivity index (χ3v) is 1.97. The van der Waals surface area contributed by atoms with Crippen LogP contribution in [-0.4, -0.2) is 32.3 Å². The number of esters is 1. The summed E-state index contributed by atoms with van der Waals surface area (Å²) in [5, 5.41) is 0. The standard InChI is InChI=1S/C12H14O4/c1-14-12(13)6-9-2-4-10(5-3-9)15-7-11-8-16-11/h2-5,11H,6-8H2,1H3/i7D2,8D2,11D. The highest BCUT2D eigenvalue weighted by molar-refractivity contribution is 5.72. The Bertz CT molecular complexity index is 545. The van der Waals surface area contributed by atoms with Crippen LogP contribution < -0.4 is 4.74 Å². The van der Waals surface area contributed by atoms with Gasteiger partial charge in [0, 0.05) is 0 Å². The Balaban J connectivity index is 2.05. The molecule has 0 aliphatic carbocycles. The second kappa shape index (κ2) is 4.99. The van der Waals surface area contributed by atoms with Crippen LogP contribution in [0.25, 0.3) is 0 Å². The predicted octanol–water partition coefficient (Wildman–Crippen LogP) is 1.18. The lowest BCUT2D eigenvalue weighted by Gasteiger charge is -2.05. The summed E-state index contributed by atoms with van der Waals surface area (Å²) in [4.78, 5) is 11.1. The molecule has 2 rings (SSSR count). The molecule has 0 bridgehead atoms. The average molecular weight is 227 g/mol. The zero-order valence-corrected chi connectivity index (χ0v) is 8.65. The van der Waals surface area contributed by atoms with Crippen LogP contribution in [0.2, 0.25) is 0 Å². The molecule has 1 aromatic carbocycles. The van der Waals surface area contributed by atoms with Crippen molar-refractivity contribution in [3.8, 4) is 5.75 Å². The van der Waals surface area contributed by atoms with Gasteiger partial charge in [-0.15, -0.1) is 0 Å². The molecule has 0 spiro atoms. The largest absolute Gasteiger partial charge is 0.491 e. The van der Waals surface area contributed by atoms with Crippen molar-refractivity contribution in [2.45, 2.75) is 12.5 Å². The Labute approximate surface area is 101 Å². The van der Waals surface area contributed by atoms with E-state index < -0.39 is 25.2 Å². The lowest BCUT2D eigenvalue weighted by atomic mass is 10.1. The molecule has 0 amide bonds. The fourth-order valence-electron chi connectivity index (χ4n) is 1.09. The first-order chi connectivity index (χ1) is 9.61. The van der Waals surface area contributed by atoms with Gasteiger partial charge in [0.05, 0.1) is 26.9 Å². The fourth-order valence-corrected chi connectivity index (χ4v) is 1.09. The highest BCUT2D eigenvalue weighted by atomic mass is 16.6. The van der Waals surface area contributed by atoms with Crippen molar-refractivity contribution in [2.24, 2.45) is 0 Å². The van der Waals surface area contributed by atoms with Crippen molar-refractivity contribution in [1.29, 1.82) is 0 Å². The van der Waals surface area contributed by atoms with Gasteiger partial charge in [0.2, 0.25) is 0 Å². The summed E-state index contributed by atoms with van der Waals surface area (Å²) in [5.74, 6) is -0.296. The van der Waals surface area contributed by atoms with Crippen LogP contribution >= 0.6 is 0 Å². The van der Waals surface area contributed by atoms with Crippen molar-refractivity contribution in [2.75, 3.05) is 20.2 Å². The van der Waals surface area contributed by atoms with E-state index in [1.165, 1.54) is 19.2 Å². The molecule has 4 heteroatoms.